The molecule has 0 bridgehead atoms. The van der Waals surface area contributed by atoms with Crippen LogP contribution in [-0.2, 0) is 28.6 Å². The number of carbonyl (C=O) groups excluding carboxylic acids is 3. The molecule has 1 unspecified atom stereocenters. The van der Waals surface area contributed by atoms with E-state index in [1.54, 1.807) is 0 Å². The van der Waals surface area contributed by atoms with E-state index in [0.29, 0.717) is 19.3 Å². The van der Waals surface area contributed by atoms with Crippen molar-refractivity contribution in [3.8, 4) is 0 Å². The highest BCUT2D eigenvalue weighted by atomic mass is 16.6. The zero-order chi connectivity index (χ0) is 49.3. The number of rotatable bonds is 54. The predicted molar refractivity (Wildman–Crippen MR) is 293 cm³/mol. The third kappa shape index (κ3) is 54.3. The summed E-state index contributed by atoms with van der Waals surface area (Å²) in [6.45, 7) is 6.63. The standard InChI is InChI=1S/C62H112O6/c1-4-7-10-13-16-19-22-25-28-31-32-35-37-40-43-46-49-52-55-61(64)67-58-59(68-62(65)56-53-50-47-44-41-38-34-30-27-24-21-18-15-12-9-6-3)57-66-60(63)54-51-48-45-42-39-36-33-29-26-23-20-17-14-11-8-5-2/h19,22,28-31,33-34,59H,4-18,20-21,23-27,32,35-58H2,1-3H3/b22-19-,31-28-,33-29-,34-30-. The lowest BCUT2D eigenvalue weighted by Gasteiger charge is -2.18. The highest BCUT2D eigenvalue weighted by Crippen LogP contribution is 2.15. The molecule has 0 heterocycles. The Morgan fingerprint density at radius 2 is 0.529 bits per heavy atom. The van der Waals surface area contributed by atoms with Crippen LogP contribution >= 0.6 is 0 Å². The molecule has 0 saturated carbocycles. The van der Waals surface area contributed by atoms with E-state index in [2.05, 4.69) is 69.4 Å². The molecule has 0 fully saturated rings. The molecule has 0 aliphatic rings. The van der Waals surface area contributed by atoms with Gasteiger partial charge in [-0.25, -0.2) is 0 Å². The Kier molecular flexibility index (Phi) is 54.8. The molecule has 0 rings (SSSR count). The zero-order valence-corrected chi connectivity index (χ0v) is 45.4. The summed E-state index contributed by atoms with van der Waals surface area (Å²) >= 11 is 0. The molecule has 0 aromatic heterocycles. The molecule has 0 radical (unpaired) electrons. The van der Waals surface area contributed by atoms with Crippen LogP contribution in [0.4, 0.5) is 0 Å². The van der Waals surface area contributed by atoms with Gasteiger partial charge in [0.25, 0.3) is 0 Å². The Hall–Kier alpha value is -2.63. The van der Waals surface area contributed by atoms with E-state index in [-0.39, 0.29) is 31.1 Å². The van der Waals surface area contributed by atoms with Crippen molar-refractivity contribution in [2.24, 2.45) is 0 Å². The minimum atomic E-state index is -0.784. The second-order valence-corrected chi connectivity index (χ2v) is 19.9. The molecule has 0 N–H and O–H groups in total. The van der Waals surface area contributed by atoms with Crippen LogP contribution in [0, 0.1) is 0 Å². The fraction of sp³-hybridized carbons (Fsp3) is 0.823. The molecule has 68 heavy (non-hydrogen) atoms. The normalized spacial score (nSPS) is 12.3. The number of allylic oxidation sites excluding steroid dienone is 8. The van der Waals surface area contributed by atoms with Gasteiger partial charge in [-0.05, 0) is 103 Å². The first-order valence-electron chi connectivity index (χ1n) is 29.6. The highest BCUT2D eigenvalue weighted by molar-refractivity contribution is 5.71. The third-order valence-electron chi connectivity index (χ3n) is 13.0. The van der Waals surface area contributed by atoms with Gasteiger partial charge in [0.1, 0.15) is 13.2 Å². The molecule has 6 heteroatoms. The molecule has 0 aromatic carbocycles. The minimum absolute atomic E-state index is 0.0817. The molecule has 0 amide bonds. The summed E-state index contributed by atoms with van der Waals surface area (Å²) in [6.07, 6.45) is 69.5. The lowest BCUT2D eigenvalue weighted by molar-refractivity contribution is -0.167. The topological polar surface area (TPSA) is 78.9 Å². The summed E-state index contributed by atoms with van der Waals surface area (Å²) in [5.41, 5.74) is 0. The Morgan fingerprint density at radius 3 is 0.838 bits per heavy atom. The van der Waals surface area contributed by atoms with Gasteiger partial charge in [0.05, 0.1) is 0 Å². The van der Waals surface area contributed by atoms with Crippen molar-refractivity contribution in [2.75, 3.05) is 13.2 Å². The average molecular weight is 954 g/mol. The molecule has 0 aliphatic heterocycles. The Bertz CT molecular complexity index is 1190. The maximum atomic E-state index is 12.9. The summed E-state index contributed by atoms with van der Waals surface area (Å²) in [4.78, 5) is 38.2. The first-order valence-corrected chi connectivity index (χ1v) is 29.6. The van der Waals surface area contributed by atoms with Crippen LogP contribution in [0.25, 0.3) is 0 Å². The van der Waals surface area contributed by atoms with Crippen LogP contribution in [0.15, 0.2) is 48.6 Å². The lowest BCUT2D eigenvalue weighted by atomic mass is 10.1. The van der Waals surface area contributed by atoms with Crippen LogP contribution in [0.5, 0.6) is 0 Å². The van der Waals surface area contributed by atoms with Crippen molar-refractivity contribution >= 4 is 17.9 Å². The Morgan fingerprint density at radius 1 is 0.294 bits per heavy atom. The van der Waals surface area contributed by atoms with Crippen molar-refractivity contribution in [1.82, 2.24) is 0 Å². The number of hydrogen-bond donors (Lipinski definition) is 0. The minimum Gasteiger partial charge on any atom is -0.462 e. The Labute approximate surface area is 422 Å². The molecule has 0 saturated heterocycles. The zero-order valence-electron chi connectivity index (χ0n) is 45.4. The molecule has 1 atom stereocenters. The molecule has 6 nitrogen and oxygen atoms in total. The fourth-order valence-corrected chi connectivity index (χ4v) is 8.52. The van der Waals surface area contributed by atoms with Gasteiger partial charge in [-0.2, -0.15) is 0 Å². The van der Waals surface area contributed by atoms with Crippen molar-refractivity contribution < 1.29 is 28.6 Å². The van der Waals surface area contributed by atoms with Gasteiger partial charge in [0.15, 0.2) is 6.10 Å². The smallest absolute Gasteiger partial charge is 0.306 e. The molecular weight excluding hydrogens is 841 g/mol. The van der Waals surface area contributed by atoms with Crippen molar-refractivity contribution in [1.29, 1.82) is 0 Å². The molecule has 0 aromatic rings. The van der Waals surface area contributed by atoms with Gasteiger partial charge in [0, 0.05) is 19.3 Å². The molecule has 0 aliphatic carbocycles. The number of unbranched alkanes of at least 4 members (excludes halogenated alkanes) is 35. The summed E-state index contributed by atoms with van der Waals surface area (Å²) in [5.74, 6) is -0.891. The van der Waals surface area contributed by atoms with E-state index in [1.807, 2.05) is 0 Å². The Balaban J connectivity index is 4.39. The van der Waals surface area contributed by atoms with Crippen molar-refractivity contribution in [2.45, 2.75) is 316 Å². The molecule has 396 valence electrons. The highest BCUT2D eigenvalue weighted by Gasteiger charge is 2.19. The van der Waals surface area contributed by atoms with E-state index < -0.39 is 6.10 Å². The second-order valence-electron chi connectivity index (χ2n) is 19.9. The van der Waals surface area contributed by atoms with Gasteiger partial charge in [-0.3, -0.25) is 14.4 Å². The first-order chi connectivity index (χ1) is 33.5. The summed E-state index contributed by atoms with van der Waals surface area (Å²) in [5, 5.41) is 0. The number of hydrogen-bond acceptors (Lipinski definition) is 6. The van der Waals surface area contributed by atoms with Crippen LogP contribution in [0.1, 0.15) is 310 Å². The summed E-state index contributed by atoms with van der Waals surface area (Å²) in [7, 11) is 0. The van der Waals surface area contributed by atoms with E-state index >= 15 is 0 Å². The van der Waals surface area contributed by atoms with Crippen LogP contribution < -0.4 is 0 Å². The van der Waals surface area contributed by atoms with Gasteiger partial charge in [-0.1, -0.05) is 236 Å². The predicted octanol–water partition coefficient (Wildman–Crippen LogP) is 19.8. The maximum Gasteiger partial charge on any atom is 0.306 e. The quantitative estimate of drug-likeness (QED) is 0.0262. The number of carbonyl (C=O) groups is 3. The van der Waals surface area contributed by atoms with Crippen LogP contribution in [0.2, 0.25) is 0 Å². The summed E-state index contributed by atoms with van der Waals surface area (Å²) < 4.78 is 16.9. The number of ether oxygens (including phenoxy) is 3. The first kappa shape index (κ1) is 65.4. The van der Waals surface area contributed by atoms with Crippen molar-refractivity contribution in [3.05, 3.63) is 48.6 Å². The van der Waals surface area contributed by atoms with E-state index in [0.717, 1.165) is 89.9 Å². The van der Waals surface area contributed by atoms with Gasteiger partial charge in [-0.15, -0.1) is 0 Å². The van der Waals surface area contributed by atoms with E-state index in [9.17, 15) is 14.4 Å². The fourth-order valence-electron chi connectivity index (χ4n) is 8.52. The summed E-state index contributed by atoms with van der Waals surface area (Å²) in [6, 6.07) is 0. The van der Waals surface area contributed by atoms with Gasteiger partial charge >= 0.3 is 17.9 Å². The van der Waals surface area contributed by atoms with E-state index in [1.165, 1.54) is 180 Å². The average Bonchev–Trinajstić information content (AvgIpc) is 3.34. The van der Waals surface area contributed by atoms with Gasteiger partial charge < -0.3 is 14.2 Å². The lowest BCUT2D eigenvalue weighted by Crippen LogP contribution is -2.30. The van der Waals surface area contributed by atoms with Crippen molar-refractivity contribution in [3.63, 3.8) is 0 Å². The maximum absolute atomic E-state index is 12.9. The van der Waals surface area contributed by atoms with E-state index in [4.69, 9.17) is 14.2 Å². The third-order valence-corrected chi connectivity index (χ3v) is 13.0. The van der Waals surface area contributed by atoms with Crippen LogP contribution in [-0.4, -0.2) is 37.2 Å². The largest absolute Gasteiger partial charge is 0.462 e. The molecular formula is C62H112O6. The van der Waals surface area contributed by atoms with Gasteiger partial charge in [0.2, 0.25) is 0 Å². The SMILES string of the molecule is CCCCCC/C=C\C/C=C\CCCCCCCCCC(=O)OCC(COC(=O)CCCCCCC/C=C\CCCCCCCCC)OC(=O)CCCCCCC/C=C\CCCCCCCCC. The number of esters is 3. The molecule has 0 spiro atoms. The monoisotopic (exact) mass is 953 g/mol. The van der Waals surface area contributed by atoms with Crippen LogP contribution in [0.3, 0.4) is 0 Å². The second kappa shape index (κ2) is 57.0.